The summed E-state index contributed by atoms with van der Waals surface area (Å²) in [5.41, 5.74) is 1.11. The van der Waals surface area contributed by atoms with Gasteiger partial charge in [-0.05, 0) is 41.9 Å². The first-order valence-corrected chi connectivity index (χ1v) is 7.72. The second kappa shape index (κ2) is 5.97. The van der Waals surface area contributed by atoms with Crippen molar-refractivity contribution in [3.63, 3.8) is 0 Å². The number of ether oxygens (including phenoxy) is 1. The molecule has 20 heavy (non-hydrogen) atoms. The first-order chi connectivity index (χ1) is 9.49. The number of thiophene rings is 1. The zero-order chi connectivity index (χ0) is 14.9. The maximum Gasteiger partial charge on any atom is 0.338 e. The Bertz CT molecular complexity index is 582. The van der Waals surface area contributed by atoms with E-state index in [0.29, 0.717) is 17.8 Å². The van der Waals surface area contributed by atoms with Gasteiger partial charge in [-0.15, -0.1) is 11.3 Å². The van der Waals surface area contributed by atoms with Gasteiger partial charge in [0.15, 0.2) is 0 Å². The number of urea groups is 1. The van der Waals surface area contributed by atoms with E-state index >= 15 is 0 Å². The Morgan fingerprint density at radius 2 is 2.25 bits per heavy atom. The highest BCUT2D eigenvalue weighted by molar-refractivity contribution is 9.11. The number of amides is 2. The number of hydrogen-bond donors (Lipinski definition) is 1. The number of nitrogens with one attached hydrogen (secondary N) is 1. The van der Waals surface area contributed by atoms with Gasteiger partial charge in [0.1, 0.15) is 0 Å². The van der Waals surface area contributed by atoms with E-state index in [-0.39, 0.29) is 6.03 Å². The fourth-order valence-electron chi connectivity index (χ4n) is 2.23. The number of rotatable bonds is 3. The molecule has 0 radical (unpaired) electrons. The van der Waals surface area contributed by atoms with Crippen molar-refractivity contribution in [3.05, 3.63) is 32.1 Å². The van der Waals surface area contributed by atoms with Crippen LogP contribution in [0.1, 0.15) is 24.8 Å². The summed E-state index contributed by atoms with van der Waals surface area (Å²) >= 11 is 4.87. The highest BCUT2D eigenvalue weighted by Gasteiger charge is 2.36. The molecule has 1 aliphatic rings. The van der Waals surface area contributed by atoms with Crippen LogP contribution in [0, 0.1) is 0 Å². The van der Waals surface area contributed by atoms with Gasteiger partial charge in [0.2, 0.25) is 0 Å². The molecule has 5 nitrogen and oxygen atoms in total. The molecule has 0 spiro atoms. The van der Waals surface area contributed by atoms with Crippen LogP contribution in [-0.2, 0) is 9.53 Å². The van der Waals surface area contributed by atoms with Crippen molar-refractivity contribution < 1.29 is 14.3 Å². The average molecular weight is 359 g/mol. The number of esters is 1. The quantitative estimate of drug-likeness (QED) is 0.844. The van der Waals surface area contributed by atoms with E-state index in [2.05, 4.69) is 21.2 Å². The number of methoxy groups -OCH3 is 1. The second-order valence-electron chi connectivity index (χ2n) is 4.26. The third-order valence-corrected chi connectivity index (χ3v) is 4.88. The van der Waals surface area contributed by atoms with Crippen molar-refractivity contribution in [2.45, 2.75) is 19.9 Å². The van der Waals surface area contributed by atoms with E-state index < -0.39 is 12.0 Å². The van der Waals surface area contributed by atoms with Crippen LogP contribution in [0.4, 0.5) is 4.79 Å². The van der Waals surface area contributed by atoms with Crippen LogP contribution in [0.2, 0.25) is 0 Å². The zero-order valence-corrected chi connectivity index (χ0v) is 13.8. The normalized spacial score (nSPS) is 19.1. The molecule has 0 aromatic carbocycles. The SMILES string of the molecule is CCN1C(=O)N[C@@H](c2ccc(Br)s2)C(C(=O)OC)=C1C. The zero-order valence-electron chi connectivity index (χ0n) is 11.4. The fraction of sp³-hybridized carbons (Fsp3) is 0.385. The molecule has 2 rings (SSSR count). The molecule has 1 aliphatic heterocycles. The standard InChI is InChI=1S/C13H15BrN2O3S/c1-4-16-7(2)10(12(17)19-3)11(15-13(16)18)8-5-6-9(14)20-8/h5-6,11H,4H2,1-3H3,(H,15,18)/t11-/m0/s1. The van der Waals surface area contributed by atoms with Gasteiger partial charge in [-0.1, -0.05) is 0 Å². The van der Waals surface area contributed by atoms with Gasteiger partial charge < -0.3 is 10.1 Å². The lowest BCUT2D eigenvalue weighted by molar-refractivity contribution is -0.136. The molecule has 1 aromatic heterocycles. The van der Waals surface area contributed by atoms with E-state index in [9.17, 15) is 9.59 Å². The van der Waals surface area contributed by atoms with Crippen molar-refractivity contribution >= 4 is 39.3 Å². The molecule has 0 unspecified atom stereocenters. The Hall–Kier alpha value is -1.34. The largest absolute Gasteiger partial charge is 0.466 e. The summed E-state index contributed by atoms with van der Waals surface area (Å²) in [6.07, 6.45) is 0. The number of allylic oxidation sites excluding steroid dienone is 1. The lowest BCUT2D eigenvalue weighted by Gasteiger charge is -2.34. The molecule has 2 heterocycles. The molecule has 1 aromatic rings. The van der Waals surface area contributed by atoms with E-state index in [0.717, 1.165) is 8.66 Å². The van der Waals surface area contributed by atoms with Crippen LogP contribution < -0.4 is 5.32 Å². The summed E-state index contributed by atoms with van der Waals surface area (Å²) in [5.74, 6) is -0.421. The lowest BCUT2D eigenvalue weighted by Crippen LogP contribution is -2.47. The molecule has 0 saturated carbocycles. The predicted octanol–water partition coefficient (Wildman–Crippen LogP) is 3.04. The van der Waals surface area contributed by atoms with E-state index in [4.69, 9.17) is 4.74 Å². The molecule has 108 valence electrons. The summed E-state index contributed by atoms with van der Waals surface area (Å²) < 4.78 is 5.81. The van der Waals surface area contributed by atoms with Gasteiger partial charge in [0, 0.05) is 17.1 Å². The number of hydrogen-bond acceptors (Lipinski definition) is 4. The summed E-state index contributed by atoms with van der Waals surface area (Å²) in [6.45, 7) is 4.13. The van der Waals surface area contributed by atoms with E-state index in [1.54, 1.807) is 6.92 Å². The van der Waals surface area contributed by atoms with Gasteiger partial charge in [-0.25, -0.2) is 9.59 Å². The Balaban J connectivity index is 2.52. The number of carbonyl (C=O) groups is 2. The molecule has 0 saturated heterocycles. The second-order valence-corrected chi connectivity index (χ2v) is 6.75. The Morgan fingerprint density at radius 1 is 1.55 bits per heavy atom. The molecule has 0 aliphatic carbocycles. The van der Waals surface area contributed by atoms with Crippen LogP contribution in [-0.4, -0.2) is 30.6 Å². The monoisotopic (exact) mass is 358 g/mol. The van der Waals surface area contributed by atoms with E-state index in [1.807, 2.05) is 19.1 Å². The van der Waals surface area contributed by atoms with Crippen molar-refractivity contribution in [1.82, 2.24) is 10.2 Å². The minimum absolute atomic E-state index is 0.202. The number of halogens is 1. The third kappa shape index (κ3) is 2.60. The fourth-order valence-corrected chi connectivity index (χ4v) is 3.72. The van der Waals surface area contributed by atoms with Crippen molar-refractivity contribution in [3.8, 4) is 0 Å². The molecule has 1 atom stereocenters. The number of carbonyl (C=O) groups excluding carboxylic acids is 2. The highest BCUT2D eigenvalue weighted by atomic mass is 79.9. The summed E-state index contributed by atoms with van der Waals surface area (Å²) in [7, 11) is 1.34. The van der Waals surface area contributed by atoms with Crippen LogP contribution >= 0.6 is 27.3 Å². The van der Waals surface area contributed by atoms with Crippen molar-refractivity contribution in [1.29, 1.82) is 0 Å². The minimum atomic E-state index is -0.464. The predicted molar refractivity (Wildman–Crippen MR) is 80.4 cm³/mol. The molecule has 7 heteroatoms. The maximum atomic E-state index is 12.1. The molecular weight excluding hydrogens is 344 g/mol. The van der Waals surface area contributed by atoms with Gasteiger partial charge in [-0.2, -0.15) is 0 Å². The topological polar surface area (TPSA) is 58.6 Å². The maximum absolute atomic E-state index is 12.1. The third-order valence-electron chi connectivity index (χ3n) is 3.20. The van der Waals surface area contributed by atoms with Crippen molar-refractivity contribution in [2.24, 2.45) is 0 Å². The minimum Gasteiger partial charge on any atom is -0.466 e. The van der Waals surface area contributed by atoms with Crippen LogP contribution in [0.15, 0.2) is 27.2 Å². The van der Waals surface area contributed by atoms with Crippen molar-refractivity contribution in [2.75, 3.05) is 13.7 Å². The van der Waals surface area contributed by atoms with Gasteiger partial charge in [0.25, 0.3) is 0 Å². The average Bonchev–Trinajstić information content (AvgIpc) is 2.84. The summed E-state index contributed by atoms with van der Waals surface area (Å²) in [5, 5.41) is 2.86. The lowest BCUT2D eigenvalue weighted by atomic mass is 10.0. The Kier molecular flexibility index (Phi) is 4.49. The van der Waals surface area contributed by atoms with Crippen LogP contribution in [0.3, 0.4) is 0 Å². The molecule has 0 fully saturated rings. The Labute approximate surface area is 129 Å². The molecular formula is C13H15BrN2O3S. The molecule has 0 bridgehead atoms. The van der Waals surface area contributed by atoms with E-state index in [1.165, 1.54) is 23.3 Å². The molecule has 1 N–H and O–H groups in total. The van der Waals surface area contributed by atoms with Crippen LogP contribution in [0.25, 0.3) is 0 Å². The first kappa shape index (κ1) is 15.1. The van der Waals surface area contributed by atoms with Crippen LogP contribution in [0.5, 0.6) is 0 Å². The smallest absolute Gasteiger partial charge is 0.338 e. The molecule has 2 amide bonds. The summed E-state index contributed by atoms with van der Waals surface area (Å²) in [4.78, 5) is 26.6. The van der Waals surface area contributed by atoms with Gasteiger partial charge >= 0.3 is 12.0 Å². The first-order valence-electron chi connectivity index (χ1n) is 6.12. The van der Waals surface area contributed by atoms with Gasteiger partial charge in [-0.3, -0.25) is 4.90 Å². The summed E-state index contributed by atoms with van der Waals surface area (Å²) in [6, 6.07) is 3.11. The Morgan fingerprint density at radius 3 is 2.75 bits per heavy atom. The van der Waals surface area contributed by atoms with Gasteiger partial charge in [0.05, 0.1) is 22.5 Å². The highest BCUT2D eigenvalue weighted by Crippen LogP contribution is 2.36. The number of nitrogens with zero attached hydrogens (tertiary/aromatic N) is 1.